The molecule has 5 heteroatoms. The van der Waals surface area contributed by atoms with Gasteiger partial charge in [0.2, 0.25) is 0 Å². The highest BCUT2D eigenvalue weighted by Gasteiger charge is 2.31. The van der Waals surface area contributed by atoms with Gasteiger partial charge in [-0.2, -0.15) is 4.98 Å². The molecule has 1 aromatic heterocycles. The van der Waals surface area contributed by atoms with E-state index in [2.05, 4.69) is 30.7 Å². The molecule has 1 aliphatic rings. The molecule has 106 valence electrons. The Hall–Kier alpha value is -1.52. The van der Waals surface area contributed by atoms with Crippen LogP contribution in [0, 0.1) is 11.8 Å². The Labute approximate surface area is 113 Å². The van der Waals surface area contributed by atoms with Gasteiger partial charge in [0.15, 0.2) is 5.69 Å². The first-order valence-electron chi connectivity index (χ1n) is 6.92. The fraction of sp³-hybridized carbons (Fsp3) is 0.714. The van der Waals surface area contributed by atoms with Crippen LogP contribution in [0.15, 0.2) is 10.7 Å². The molecule has 0 saturated carbocycles. The van der Waals surface area contributed by atoms with Crippen molar-refractivity contribution in [2.24, 2.45) is 11.8 Å². The predicted molar refractivity (Wildman–Crippen MR) is 72.2 cm³/mol. The van der Waals surface area contributed by atoms with Crippen LogP contribution in [0.2, 0.25) is 0 Å². The normalized spacial score (nSPS) is 27.4. The third-order valence-corrected chi connectivity index (χ3v) is 3.82. The molecule has 1 aromatic rings. The standard InChI is InChI=1S/C14H22N2O3/c1-5-18-13(17)12-8-19-14(15-12)16-7-9(2)6-10(3)11(16)4/h8-11H,5-7H2,1-4H3. The van der Waals surface area contributed by atoms with Gasteiger partial charge in [0, 0.05) is 12.6 Å². The molecule has 0 amide bonds. The molecule has 1 saturated heterocycles. The van der Waals surface area contributed by atoms with Crippen LogP contribution in [-0.4, -0.2) is 30.1 Å². The van der Waals surface area contributed by atoms with Gasteiger partial charge < -0.3 is 14.1 Å². The van der Waals surface area contributed by atoms with E-state index in [1.807, 2.05) is 0 Å². The summed E-state index contributed by atoms with van der Waals surface area (Å²) in [5.41, 5.74) is 0.245. The van der Waals surface area contributed by atoms with Crippen molar-refractivity contribution in [1.82, 2.24) is 4.98 Å². The number of hydrogen-bond donors (Lipinski definition) is 0. The van der Waals surface area contributed by atoms with Gasteiger partial charge >= 0.3 is 5.97 Å². The van der Waals surface area contributed by atoms with Gasteiger partial charge in [-0.25, -0.2) is 4.79 Å². The smallest absolute Gasteiger partial charge is 0.360 e. The van der Waals surface area contributed by atoms with E-state index in [1.165, 1.54) is 12.7 Å². The van der Waals surface area contributed by atoms with Crippen LogP contribution in [0.3, 0.4) is 0 Å². The highest BCUT2D eigenvalue weighted by atomic mass is 16.5. The van der Waals surface area contributed by atoms with Crippen molar-refractivity contribution in [3.05, 3.63) is 12.0 Å². The summed E-state index contributed by atoms with van der Waals surface area (Å²) >= 11 is 0. The molecule has 2 rings (SSSR count). The number of carbonyl (C=O) groups excluding carboxylic acids is 1. The summed E-state index contributed by atoms with van der Waals surface area (Å²) in [4.78, 5) is 18.0. The Morgan fingerprint density at radius 1 is 1.53 bits per heavy atom. The van der Waals surface area contributed by atoms with E-state index in [1.54, 1.807) is 6.92 Å². The molecular weight excluding hydrogens is 244 g/mol. The molecule has 1 fully saturated rings. The molecule has 0 spiro atoms. The summed E-state index contributed by atoms with van der Waals surface area (Å²) in [5, 5.41) is 0. The van der Waals surface area contributed by atoms with Gasteiger partial charge in [-0.15, -0.1) is 0 Å². The van der Waals surface area contributed by atoms with Crippen molar-refractivity contribution in [2.75, 3.05) is 18.1 Å². The highest BCUT2D eigenvalue weighted by Crippen LogP contribution is 2.30. The van der Waals surface area contributed by atoms with Gasteiger partial charge in [-0.3, -0.25) is 0 Å². The summed E-state index contributed by atoms with van der Waals surface area (Å²) in [5.74, 6) is 0.758. The second-order valence-electron chi connectivity index (χ2n) is 5.45. The number of esters is 1. The predicted octanol–water partition coefficient (Wildman–Crippen LogP) is 2.72. The Morgan fingerprint density at radius 3 is 2.95 bits per heavy atom. The average molecular weight is 266 g/mol. The number of oxazole rings is 1. The highest BCUT2D eigenvalue weighted by molar-refractivity contribution is 5.87. The topological polar surface area (TPSA) is 55.6 Å². The van der Waals surface area contributed by atoms with Crippen LogP contribution >= 0.6 is 0 Å². The Morgan fingerprint density at radius 2 is 2.26 bits per heavy atom. The van der Waals surface area contributed by atoms with Crippen LogP contribution in [0.25, 0.3) is 0 Å². The number of hydrogen-bond acceptors (Lipinski definition) is 5. The largest absolute Gasteiger partial charge is 0.461 e. The fourth-order valence-corrected chi connectivity index (χ4v) is 2.66. The van der Waals surface area contributed by atoms with E-state index in [0.717, 1.165) is 6.54 Å². The van der Waals surface area contributed by atoms with E-state index in [4.69, 9.17) is 9.15 Å². The van der Waals surface area contributed by atoms with E-state index in [0.29, 0.717) is 30.5 Å². The minimum Gasteiger partial charge on any atom is -0.461 e. The first-order valence-corrected chi connectivity index (χ1v) is 6.92. The molecule has 0 bridgehead atoms. The third kappa shape index (κ3) is 2.91. The van der Waals surface area contributed by atoms with Crippen molar-refractivity contribution in [1.29, 1.82) is 0 Å². The number of carbonyl (C=O) groups is 1. The second kappa shape index (κ2) is 5.63. The lowest BCUT2D eigenvalue weighted by Gasteiger charge is -2.40. The molecular formula is C14H22N2O3. The van der Waals surface area contributed by atoms with Crippen molar-refractivity contribution in [3.63, 3.8) is 0 Å². The molecule has 5 nitrogen and oxygen atoms in total. The minimum absolute atomic E-state index is 0.245. The number of nitrogens with zero attached hydrogens (tertiary/aromatic N) is 2. The Kier molecular flexibility index (Phi) is 4.12. The van der Waals surface area contributed by atoms with Gasteiger partial charge in [0.1, 0.15) is 6.26 Å². The summed E-state index contributed by atoms with van der Waals surface area (Å²) < 4.78 is 10.4. The van der Waals surface area contributed by atoms with Gasteiger partial charge in [0.05, 0.1) is 6.61 Å². The quantitative estimate of drug-likeness (QED) is 0.787. The maximum atomic E-state index is 11.6. The van der Waals surface area contributed by atoms with Crippen LogP contribution < -0.4 is 4.90 Å². The number of rotatable bonds is 3. The fourth-order valence-electron chi connectivity index (χ4n) is 2.66. The summed E-state index contributed by atoms with van der Waals surface area (Å²) in [6.07, 6.45) is 2.59. The zero-order valence-corrected chi connectivity index (χ0v) is 12.0. The molecule has 0 N–H and O–H groups in total. The molecule has 1 aliphatic heterocycles. The Bertz CT molecular complexity index is 444. The van der Waals surface area contributed by atoms with Gasteiger partial charge in [0.25, 0.3) is 6.01 Å². The lowest BCUT2D eigenvalue weighted by atomic mass is 9.86. The maximum Gasteiger partial charge on any atom is 0.360 e. The minimum atomic E-state index is -0.428. The molecule has 2 heterocycles. The Balaban J connectivity index is 2.15. The third-order valence-electron chi connectivity index (χ3n) is 3.82. The molecule has 19 heavy (non-hydrogen) atoms. The van der Waals surface area contributed by atoms with E-state index >= 15 is 0 Å². The molecule has 0 aliphatic carbocycles. The van der Waals surface area contributed by atoms with Gasteiger partial charge in [-0.1, -0.05) is 13.8 Å². The van der Waals surface area contributed by atoms with Crippen LogP contribution in [0.4, 0.5) is 6.01 Å². The molecule has 0 radical (unpaired) electrons. The molecule has 3 atom stereocenters. The first-order chi connectivity index (χ1) is 9.02. The molecule has 3 unspecified atom stereocenters. The van der Waals surface area contributed by atoms with Crippen molar-refractivity contribution >= 4 is 12.0 Å². The number of piperidine rings is 1. The monoisotopic (exact) mass is 266 g/mol. The zero-order valence-electron chi connectivity index (χ0n) is 12.0. The maximum absolute atomic E-state index is 11.6. The lowest BCUT2D eigenvalue weighted by molar-refractivity contribution is 0.0519. The van der Waals surface area contributed by atoms with Crippen LogP contribution in [0.1, 0.15) is 44.6 Å². The van der Waals surface area contributed by atoms with Crippen LogP contribution in [-0.2, 0) is 4.74 Å². The van der Waals surface area contributed by atoms with Crippen LogP contribution in [0.5, 0.6) is 0 Å². The summed E-state index contributed by atoms with van der Waals surface area (Å²) in [7, 11) is 0. The first kappa shape index (κ1) is 13.9. The summed E-state index contributed by atoms with van der Waals surface area (Å²) in [6.45, 7) is 9.66. The van der Waals surface area contributed by atoms with E-state index in [-0.39, 0.29) is 5.69 Å². The number of ether oxygens (including phenoxy) is 1. The second-order valence-corrected chi connectivity index (χ2v) is 5.45. The van der Waals surface area contributed by atoms with Gasteiger partial charge in [-0.05, 0) is 32.1 Å². The van der Waals surface area contributed by atoms with E-state index in [9.17, 15) is 4.79 Å². The SMILES string of the molecule is CCOC(=O)c1coc(N2CC(C)CC(C)C2C)n1. The zero-order chi connectivity index (χ0) is 14.0. The average Bonchev–Trinajstić information content (AvgIpc) is 2.83. The molecule has 0 aromatic carbocycles. The van der Waals surface area contributed by atoms with Crippen molar-refractivity contribution in [2.45, 2.75) is 40.2 Å². The van der Waals surface area contributed by atoms with E-state index < -0.39 is 5.97 Å². The van der Waals surface area contributed by atoms with Crippen molar-refractivity contribution < 1.29 is 13.9 Å². The number of anilines is 1. The lowest BCUT2D eigenvalue weighted by Crippen LogP contribution is -2.46. The number of aromatic nitrogens is 1. The summed E-state index contributed by atoms with van der Waals surface area (Å²) in [6, 6.07) is 0.888. The van der Waals surface area contributed by atoms with Crippen molar-refractivity contribution in [3.8, 4) is 0 Å².